The first-order chi connectivity index (χ1) is 16.4. The van der Waals surface area contributed by atoms with Gasteiger partial charge in [-0.15, -0.1) is 0 Å². The molecule has 0 aliphatic carbocycles. The van der Waals surface area contributed by atoms with Gasteiger partial charge in [0.15, 0.2) is 0 Å². The van der Waals surface area contributed by atoms with Gasteiger partial charge in [0.25, 0.3) is 5.91 Å². The lowest BCUT2D eigenvalue weighted by Gasteiger charge is -2.42. The third-order valence-electron chi connectivity index (χ3n) is 6.12. The number of anilines is 1. The summed E-state index contributed by atoms with van der Waals surface area (Å²) in [6.45, 7) is 0.729. The van der Waals surface area contributed by atoms with Gasteiger partial charge in [-0.3, -0.25) is 19.2 Å². The second-order valence-corrected chi connectivity index (χ2v) is 8.45. The van der Waals surface area contributed by atoms with Gasteiger partial charge in [0, 0.05) is 24.3 Å². The fourth-order valence-electron chi connectivity index (χ4n) is 4.27. The van der Waals surface area contributed by atoms with Crippen LogP contribution in [0.4, 0.5) is 5.69 Å². The molecule has 4 rings (SSSR count). The fourth-order valence-corrected chi connectivity index (χ4v) is 4.27. The quantitative estimate of drug-likeness (QED) is 0.650. The second-order valence-electron chi connectivity index (χ2n) is 8.45. The van der Waals surface area contributed by atoms with Gasteiger partial charge in [0.2, 0.25) is 17.7 Å². The highest BCUT2D eigenvalue weighted by atomic mass is 16.5. The summed E-state index contributed by atoms with van der Waals surface area (Å²) in [6, 6.07) is 13.5. The van der Waals surface area contributed by atoms with Crippen LogP contribution in [0.5, 0.6) is 5.75 Å². The highest BCUT2D eigenvalue weighted by Gasteiger charge is 2.40. The molecule has 4 amide bonds. The Hall–Kier alpha value is -3.88. The van der Waals surface area contributed by atoms with Crippen LogP contribution in [0.1, 0.15) is 35.2 Å². The fraction of sp³-hybridized carbons (Fsp3) is 0.360. The van der Waals surface area contributed by atoms with Gasteiger partial charge in [-0.25, -0.2) is 0 Å². The number of piperidine rings is 1. The van der Waals surface area contributed by atoms with E-state index >= 15 is 0 Å². The van der Waals surface area contributed by atoms with Crippen LogP contribution < -0.4 is 15.4 Å². The Morgan fingerprint density at radius 1 is 1.03 bits per heavy atom. The van der Waals surface area contributed by atoms with Crippen molar-refractivity contribution in [3.05, 3.63) is 59.7 Å². The number of nitrogens with one attached hydrogen (secondary N) is 2. The number of hydrogen-bond donors (Lipinski definition) is 2. The van der Waals surface area contributed by atoms with Gasteiger partial charge >= 0.3 is 0 Å². The maximum Gasteiger partial charge on any atom is 0.251 e. The first kappa shape index (κ1) is 23.3. The molecule has 2 aliphatic heterocycles. The van der Waals surface area contributed by atoms with E-state index in [9.17, 15) is 19.2 Å². The molecule has 2 heterocycles. The van der Waals surface area contributed by atoms with E-state index in [4.69, 9.17) is 4.74 Å². The van der Waals surface area contributed by atoms with Crippen molar-refractivity contribution in [1.82, 2.24) is 15.1 Å². The van der Waals surface area contributed by atoms with E-state index in [1.807, 2.05) is 24.3 Å². The number of carbonyl (C=O) groups excluding carboxylic acids is 4. The van der Waals surface area contributed by atoms with E-state index in [1.54, 1.807) is 36.3 Å². The summed E-state index contributed by atoms with van der Waals surface area (Å²) in [5.74, 6) is -0.148. The molecule has 2 N–H and O–H groups in total. The lowest BCUT2D eigenvalue weighted by Crippen LogP contribution is -2.62. The SMILES string of the molecule is COc1ccc(CNC(=O)c2ccc(NC(=O)CN3CC(=O)N4CCCC[C@@H]4C3=O)cc2)cc1. The molecule has 0 unspecified atom stereocenters. The highest BCUT2D eigenvalue weighted by molar-refractivity contribution is 6.00. The smallest absolute Gasteiger partial charge is 0.251 e. The summed E-state index contributed by atoms with van der Waals surface area (Å²) in [4.78, 5) is 52.9. The van der Waals surface area contributed by atoms with Crippen LogP contribution in [0.3, 0.4) is 0 Å². The van der Waals surface area contributed by atoms with Gasteiger partial charge in [-0.1, -0.05) is 12.1 Å². The van der Waals surface area contributed by atoms with Crippen LogP contribution in [0.15, 0.2) is 48.5 Å². The maximum absolute atomic E-state index is 12.7. The van der Waals surface area contributed by atoms with Crippen molar-refractivity contribution >= 4 is 29.3 Å². The summed E-state index contributed by atoms with van der Waals surface area (Å²) >= 11 is 0. The molecular formula is C25H28N4O5. The van der Waals surface area contributed by atoms with Crippen LogP contribution in [0, 0.1) is 0 Å². The molecule has 2 saturated heterocycles. The molecule has 0 spiro atoms. The van der Waals surface area contributed by atoms with Crippen molar-refractivity contribution in [2.24, 2.45) is 0 Å². The first-order valence-corrected chi connectivity index (χ1v) is 11.3. The van der Waals surface area contributed by atoms with E-state index < -0.39 is 6.04 Å². The zero-order chi connectivity index (χ0) is 24.1. The summed E-state index contributed by atoms with van der Waals surface area (Å²) in [7, 11) is 1.60. The zero-order valence-corrected chi connectivity index (χ0v) is 19.1. The number of rotatable bonds is 7. The van der Waals surface area contributed by atoms with Gasteiger partial charge in [-0.05, 0) is 61.2 Å². The minimum atomic E-state index is -0.446. The largest absolute Gasteiger partial charge is 0.497 e. The molecule has 2 fully saturated rings. The minimum absolute atomic E-state index is 0.0734. The topological polar surface area (TPSA) is 108 Å². The number of benzene rings is 2. The Kier molecular flexibility index (Phi) is 7.10. The molecule has 34 heavy (non-hydrogen) atoms. The number of carbonyl (C=O) groups is 4. The Bertz CT molecular complexity index is 1070. The van der Waals surface area contributed by atoms with E-state index in [0.717, 1.165) is 24.2 Å². The third kappa shape index (κ3) is 5.36. The summed E-state index contributed by atoms with van der Waals surface area (Å²) in [6.07, 6.45) is 2.45. The molecule has 178 valence electrons. The average molecular weight is 465 g/mol. The summed E-state index contributed by atoms with van der Waals surface area (Å²) in [5, 5.41) is 5.58. The highest BCUT2D eigenvalue weighted by Crippen LogP contribution is 2.23. The van der Waals surface area contributed by atoms with E-state index in [-0.39, 0.29) is 36.7 Å². The average Bonchev–Trinajstić information content (AvgIpc) is 2.86. The van der Waals surface area contributed by atoms with Gasteiger partial charge in [-0.2, -0.15) is 0 Å². The standard InChI is InChI=1S/C25H28N4O5/c1-34-20-11-5-17(6-12-20)14-26-24(32)18-7-9-19(10-8-18)27-22(30)15-28-16-23(31)29-13-3-2-4-21(29)25(28)33/h5-12,21H,2-4,13-16H2,1H3,(H,26,32)(H,27,30)/t21-/m1/s1. The maximum atomic E-state index is 12.7. The van der Waals surface area contributed by atoms with Gasteiger partial charge in [0.1, 0.15) is 24.9 Å². The Balaban J connectivity index is 1.28. The number of amides is 4. The predicted octanol–water partition coefficient (Wildman–Crippen LogP) is 1.79. The molecule has 2 aromatic carbocycles. The molecule has 0 saturated carbocycles. The lowest BCUT2D eigenvalue weighted by atomic mass is 9.98. The normalized spacial score (nSPS) is 17.7. The van der Waals surface area contributed by atoms with Crippen molar-refractivity contribution in [2.75, 3.05) is 32.1 Å². The van der Waals surface area contributed by atoms with E-state index in [0.29, 0.717) is 30.8 Å². The van der Waals surface area contributed by atoms with Crippen molar-refractivity contribution in [2.45, 2.75) is 31.8 Å². The first-order valence-electron chi connectivity index (χ1n) is 11.3. The molecular weight excluding hydrogens is 436 g/mol. The Morgan fingerprint density at radius 2 is 1.76 bits per heavy atom. The number of ether oxygens (including phenoxy) is 1. The minimum Gasteiger partial charge on any atom is -0.497 e. The Morgan fingerprint density at radius 3 is 2.47 bits per heavy atom. The number of methoxy groups -OCH3 is 1. The van der Waals surface area contributed by atoms with Crippen LogP contribution in [-0.4, -0.2) is 66.2 Å². The third-order valence-corrected chi connectivity index (χ3v) is 6.12. The van der Waals surface area contributed by atoms with Crippen molar-refractivity contribution in [3.63, 3.8) is 0 Å². The molecule has 0 radical (unpaired) electrons. The van der Waals surface area contributed by atoms with Crippen LogP contribution in [-0.2, 0) is 20.9 Å². The number of nitrogens with zero attached hydrogens (tertiary/aromatic N) is 2. The van der Waals surface area contributed by atoms with E-state index in [2.05, 4.69) is 10.6 Å². The molecule has 1 atom stereocenters. The predicted molar refractivity (Wildman–Crippen MR) is 125 cm³/mol. The monoisotopic (exact) mass is 464 g/mol. The lowest BCUT2D eigenvalue weighted by molar-refractivity contribution is -0.158. The second kappa shape index (κ2) is 10.4. The van der Waals surface area contributed by atoms with Gasteiger partial charge < -0.3 is 25.2 Å². The van der Waals surface area contributed by atoms with E-state index in [1.165, 1.54) is 4.90 Å². The molecule has 0 aromatic heterocycles. The van der Waals surface area contributed by atoms with Crippen molar-refractivity contribution < 1.29 is 23.9 Å². The Labute approximate surface area is 198 Å². The molecule has 9 nitrogen and oxygen atoms in total. The van der Waals surface area contributed by atoms with Crippen LogP contribution >= 0.6 is 0 Å². The summed E-state index contributed by atoms with van der Waals surface area (Å²) < 4.78 is 5.12. The van der Waals surface area contributed by atoms with Gasteiger partial charge in [0.05, 0.1) is 7.11 Å². The van der Waals surface area contributed by atoms with Crippen molar-refractivity contribution in [3.8, 4) is 5.75 Å². The van der Waals surface area contributed by atoms with Crippen LogP contribution in [0.2, 0.25) is 0 Å². The molecule has 0 bridgehead atoms. The molecule has 9 heteroatoms. The molecule has 2 aliphatic rings. The summed E-state index contributed by atoms with van der Waals surface area (Å²) in [5.41, 5.74) is 1.91. The number of piperazine rings is 1. The van der Waals surface area contributed by atoms with Crippen molar-refractivity contribution in [1.29, 1.82) is 0 Å². The number of hydrogen-bond acceptors (Lipinski definition) is 5. The van der Waals surface area contributed by atoms with Crippen LogP contribution in [0.25, 0.3) is 0 Å². The zero-order valence-electron chi connectivity index (χ0n) is 19.1. The number of fused-ring (bicyclic) bond motifs is 1. The molecule has 2 aromatic rings.